The highest BCUT2D eigenvalue weighted by molar-refractivity contribution is 9.10. The summed E-state index contributed by atoms with van der Waals surface area (Å²) in [7, 11) is 0. The van der Waals surface area contributed by atoms with Crippen LogP contribution in [0.5, 0.6) is 0 Å². The Bertz CT molecular complexity index is 667. The van der Waals surface area contributed by atoms with E-state index in [0.29, 0.717) is 0 Å². The van der Waals surface area contributed by atoms with Crippen LogP contribution in [-0.4, -0.2) is 4.98 Å². The van der Waals surface area contributed by atoms with Gasteiger partial charge in [-0.25, -0.2) is 4.98 Å². The molecule has 0 bridgehead atoms. The summed E-state index contributed by atoms with van der Waals surface area (Å²) in [6.07, 6.45) is 1.97. The van der Waals surface area contributed by atoms with E-state index in [-0.39, 0.29) is 0 Å². The zero-order valence-corrected chi connectivity index (χ0v) is 12.9. The van der Waals surface area contributed by atoms with Crippen molar-refractivity contribution in [2.24, 2.45) is 0 Å². The van der Waals surface area contributed by atoms with Gasteiger partial charge in [-0.15, -0.1) is 22.7 Å². The van der Waals surface area contributed by atoms with Crippen molar-refractivity contribution in [3.05, 3.63) is 51.9 Å². The van der Waals surface area contributed by atoms with Crippen molar-refractivity contribution >= 4 is 38.6 Å². The molecular weight excluding hydrogens is 326 g/mol. The maximum atomic E-state index is 4.51. The second-order valence-electron chi connectivity index (χ2n) is 3.95. The molecule has 0 saturated carbocycles. The molecule has 1 aromatic carbocycles. The van der Waals surface area contributed by atoms with Crippen molar-refractivity contribution in [3.8, 4) is 20.3 Å². The summed E-state index contributed by atoms with van der Waals surface area (Å²) >= 11 is 7.00. The highest BCUT2D eigenvalue weighted by Gasteiger charge is 2.07. The molecule has 18 heavy (non-hydrogen) atoms. The van der Waals surface area contributed by atoms with Crippen LogP contribution in [-0.2, 0) is 0 Å². The van der Waals surface area contributed by atoms with Crippen molar-refractivity contribution in [2.45, 2.75) is 6.92 Å². The average molecular weight is 336 g/mol. The first-order chi connectivity index (χ1) is 8.72. The number of rotatable bonds is 2. The van der Waals surface area contributed by atoms with Gasteiger partial charge in [0.05, 0.1) is 4.88 Å². The quantitative estimate of drug-likeness (QED) is 0.593. The van der Waals surface area contributed by atoms with Gasteiger partial charge in [-0.2, -0.15) is 0 Å². The Hall–Kier alpha value is -0.970. The maximum absolute atomic E-state index is 4.51. The van der Waals surface area contributed by atoms with Crippen LogP contribution >= 0.6 is 38.6 Å². The fraction of sp³-hybridized carbons (Fsp3) is 0.0714. The SMILES string of the molecule is Cc1ccc(-c2cnc(-c3ccc(Br)cc3)s2)s1. The Morgan fingerprint density at radius 2 is 1.72 bits per heavy atom. The summed E-state index contributed by atoms with van der Waals surface area (Å²) in [6.45, 7) is 2.13. The molecule has 2 aromatic heterocycles. The van der Waals surface area contributed by atoms with E-state index in [2.05, 4.69) is 52.1 Å². The first-order valence-electron chi connectivity index (χ1n) is 5.51. The summed E-state index contributed by atoms with van der Waals surface area (Å²) in [5.74, 6) is 0. The van der Waals surface area contributed by atoms with Gasteiger partial charge in [0.15, 0.2) is 0 Å². The molecule has 0 amide bonds. The number of hydrogen-bond acceptors (Lipinski definition) is 3. The average Bonchev–Trinajstić information content (AvgIpc) is 2.98. The van der Waals surface area contributed by atoms with E-state index in [1.54, 1.807) is 11.3 Å². The third-order valence-electron chi connectivity index (χ3n) is 2.58. The van der Waals surface area contributed by atoms with Crippen LogP contribution in [0.3, 0.4) is 0 Å². The predicted molar refractivity (Wildman–Crippen MR) is 83.3 cm³/mol. The van der Waals surface area contributed by atoms with Gasteiger partial charge in [-0.05, 0) is 31.2 Å². The summed E-state index contributed by atoms with van der Waals surface area (Å²) < 4.78 is 1.09. The van der Waals surface area contributed by atoms with Crippen molar-refractivity contribution in [2.75, 3.05) is 0 Å². The predicted octanol–water partition coefficient (Wildman–Crippen LogP) is 5.61. The number of halogens is 1. The normalized spacial score (nSPS) is 10.8. The second kappa shape index (κ2) is 4.96. The van der Waals surface area contributed by atoms with Gasteiger partial charge in [-0.1, -0.05) is 28.1 Å². The van der Waals surface area contributed by atoms with Crippen LogP contribution in [0.1, 0.15) is 4.88 Å². The summed E-state index contributed by atoms with van der Waals surface area (Å²) in [4.78, 5) is 8.39. The minimum Gasteiger partial charge on any atom is -0.244 e. The zero-order chi connectivity index (χ0) is 12.5. The first-order valence-corrected chi connectivity index (χ1v) is 7.93. The molecular formula is C14H10BrNS2. The molecule has 3 rings (SSSR count). The molecule has 0 fully saturated rings. The van der Waals surface area contributed by atoms with Gasteiger partial charge in [-0.3, -0.25) is 0 Å². The number of thiazole rings is 1. The van der Waals surface area contributed by atoms with Crippen molar-refractivity contribution in [3.63, 3.8) is 0 Å². The topological polar surface area (TPSA) is 12.9 Å². The van der Waals surface area contributed by atoms with Gasteiger partial charge < -0.3 is 0 Å². The van der Waals surface area contributed by atoms with Crippen LogP contribution < -0.4 is 0 Å². The molecule has 0 saturated heterocycles. The lowest BCUT2D eigenvalue weighted by atomic mass is 10.2. The lowest BCUT2D eigenvalue weighted by Crippen LogP contribution is -1.73. The highest BCUT2D eigenvalue weighted by atomic mass is 79.9. The van der Waals surface area contributed by atoms with E-state index >= 15 is 0 Å². The number of benzene rings is 1. The lowest BCUT2D eigenvalue weighted by molar-refractivity contribution is 1.41. The molecule has 0 atom stereocenters. The molecule has 3 aromatic rings. The van der Waals surface area contributed by atoms with Crippen molar-refractivity contribution in [1.82, 2.24) is 4.98 Å². The number of nitrogens with zero attached hydrogens (tertiary/aromatic N) is 1. The number of aromatic nitrogens is 1. The molecule has 0 spiro atoms. The van der Waals surface area contributed by atoms with Gasteiger partial charge in [0.25, 0.3) is 0 Å². The van der Waals surface area contributed by atoms with Crippen molar-refractivity contribution < 1.29 is 0 Å². The van der Waals surface area contributed by atoms with E-state index in [4.69, 9.17) is 0 Å². The van der Waals surface area contributed by atoms with Gasteiger partial charge in [0.1, 0.15) is 5.01 Å². The molecule has 4 heteroatoms. The molecule has 0 N–H and O–H groups in total. The third kappa shape index (κ3) is 2.41. The standard InChI is InChI=1S/C14H10BrNS2/c1-9-2-7-12(17-9)13-8-16-14(18-13)10-3-5-11(15)6-4-10/h2-8H,1H3. The Kier molecular flexibility index (Phi) is 3.33. The van der Waals surface area contributed by atoms with E-state index < -0.39 is 0 Å². The maximum Gasteiger partial charge on any atom is 0.123 e. The fourth-order valence-corrected chi connectivity index (χ4v) is 3.81. The number of hydrogen-bond donors (Lipinski definition) is 0. The largest absolute Gasteiger partial charge is 0.244 e. The lowest BCUT2D eigenvalue weighted by Gasteiger charge is -1.95. The van der Waals surface area contributed by atoms with Crippen LogP contribution in [0.25, 0.3) is 20.3 Å². The summed E-state index contributed by atoms with van der Waals surface area (Å²) in [5, 5.41) is 1.07. The van der Waals surface area contributed by atoms with Crippen LogP contribution in [0.4, 0.5) is 0 Å². The van der Waals surface area contributed by atoms with E-state index in [9.17, 15) is 0 Å². The van der Waals surface area contributed by atoms with Gasteiger partial charge in [0.2, 0.25) is 0 Å². The van der Waals surface area contributed by atoms with Crippen LogP contribution in [0.2, 0.25) is 0 Å². The monoisotopic (exact) mass is 335 g/mol. The van der Waals surface area contributed by atoms with Crippen LogP contribution in [0, 0.1) is 6.92 Å². The Labute approximate surface area is 122 Å². The Morgan fingerprint density at radius 3 is 2.39 bits per heavy atom. The Balaban J connectivity index is 1.96. The van der Waals surface area contributed by atoms with Crippen LogP contribution in [0.15, 0.2) is 47.1 Å². The minimum absolute atomic E-state index is 1.07. The van der Waals surface area contributed by atoms with Gasteiger partial charge >= 0.3 is 0 Å². The molecule has 1 nitrogen and oxygen atoms in total. The van der Waals surface area contributed by atoms with E-state index in [1.165, 1.54) is 20.2 Å². The number of aryl methyl sites for hydroxylation is 1. The zero-order valence-electron chi connectivity index (χ0n) is 9.68. The van der Waals surface area contributed by atoms with E-state index in [0.717, 1.165) is 9.48 Å². The molecule has 0 radical (unpaired) electrons. The third-order valence-corrected chi connectivity index (χ3v) is 5.35. The van der Waals surface area contributed by atoms with E-state index in [1.807, 2.05) is 29.7 Å². The van der Waals surface area contributed by atoms with Crippen molar-refractivity contribution in [1.29, 1.82) is 0 Å². The fourth-order valence-electron chi connectivity index (χ4n) is 1.68. The second-order valence-corrected chi connectivity index (χ2v) is 7.18. The molecule has 90 valence electrons. The molecule has 0 unspecified atom stereocenters. The molecule has 0 aliphatic rings. The number of thiophene rings is 1. The Morgan fingerprint density at radius 1 is 0.944 bits per heavy atom. The van der Waals surface area contributed by atoms with Gasteiger partial charge in [0, 0.05) is 26.0 Å². The molecule has 0 aliphatic heterocycles. The minimum atomic E-state index is 1.07. The molecule has 0 aliphatic carbocycles. The summed E-state index contributed by atoms with van der Waals surface area (Å²) in [6, 6.07) is 12.6. The molecule has 2 heterocycles. The summed E-state index contributed by atoms with van der Waals surface area (Å²) in [5.41, 5.74) is 1.17. The smallest absolute Gasteiger partial charge is 0.123 e. The highest BCUT2D eigenvalue weighted by Crippen LogP contribution is 2.35. The first kappa shape index (κ1) is 12.1.